The third kappa shape index (κ3) is 7.19. The Morgan fingerprint density at radius 2 is 1.61 bits per heavy atom. The molecule has 2 amide bonds. The number of halogens is 1. The van der Waals surface area contributed by atoms with Crippen molar-refractivity contribution in [2.45, 2.75) is 51.6 Å². The minimum absolute atomic E-state index is 0.00601. The molecular formula is C29H34FN3O4S. The van der Waals surface area contributed by atoms with E-state index in [-0.39, 0.29) is 17.3 Å². The van der Waals surface area contributed by atoms with Gasteiger partial charge in [-0.25, -0.2) is 12.8 Å². The Hall–Kier alpha value is -3.72. The molecule has 0 radical (unpaired) electrons. The molecule has 0 aliphatic carbocycles. The number of carbonyl (C=O) groups excluding carboxylic acids is 2. The van der Waals surface area contributed by atoms with E-state index in [0.29, 0.717) is 17.8 Å². The maximum atomic E-state index is 13.8. The summed E-state index contributed by atoms with van der Waals surface area (Å²) in [6.07, 6.45) is 0.723. The van der Waals surface area contributed by atoms with Gasteiger partial charge in [-0.2, -0.15) is 0 Å². The smallest absolute Gasteiger partial charge is 0.264 e. The predicted octanol–water partition coefficient (Wildman–Crippen LogP) is 4.58. The van der Waals surface area contributed by atoms with Gasteiger partial charge in [-0.15, -0.1) is 0 Å². The van der Waals surface area contributed by atoms with E-state index in [4.69, 9.17) is 0 Å². The lowest BCUT2D eigenvalue weighted by Crippen LogP contribution is -2.51. The Kier molecular flexibility index (Phi) is 9.63. The molecule has 3 aromatic carbocycles. The van der Waals surface area contributed by atoms with Crippen molar-refractivity contribution in [3.8, 4) is 0 Å². The summed E-state index contributed by atoms with van der Waals surface area (Å²) in [7, 11) is -4.12. The molecule has 3 rings (SSSR count). The first-order valence-corrected chi connectivity index (χ1v) is 13.9. The molecule has 0 spiro atoms. The number of nitrogens with zero attached hydrogens (tertiary/aromatic N) is 2. The van der Waals surface area contributed by atoms with Crippen molar-refractivity contribution in [1.29, 1.82) is 0 Å². The number of anilines is 1. The average molecular weight is 540 g/mol. The molecule has 0 aliphatic rings. The predicted molar refractivity (Wildman–Crippen MR) is 147 cm³/mol. The molecule has 0 bridgehead atoms. The third-order valence-electron chi connectivity index (χ3n) is 6.16. The van der Waals surface area contributed by atoms with Gasteiger partial charge in [0.1, 0.15) is 18.4 Å². The monoisotopic (exact) mass is 539 g/mol. The highest BCUT2D eigenvalue weighted by molar-refractivity contribution is 7.92. The number of carbonyl (C=O) groups is 2. The summed E-state index contributed by atoms with van der Waals surface area (Å²) in [4.78, 5) is 28.0. The van der Waals surface area contributed by atoms with Crippen LogP contribution < -0.4 is 9.62 Å². The molecular weight excluding hydrogens is 505 g/mol. The van der Waals surface area contributed by atoms with Crippen LogP contribution in [0.1, 0.15) is 37.0 Å². The van der Waals surface area contributed by atoms with E-state index in [0.717, 1.165) is 21.9 Å². The van der Waals surface area contributed by atoms with Crippen LogP contribution in [0.2, 0.25) is 0 Å². The maximum Gasteiger partial charge on any atom is 0.264 e. The standard InChI is InChI=1S/C29H34FN3O4S/c1-5-17-31-29(35)23(4)32(19-24-11-13-25(30)14-12-24)28(34)20-33(26-8-6-7-22(3)18-26)38(36,37)27-15-9-21(2)10-16-27/h6-16,18,23H,5,17,19-20H2,1-4H3,(H,31,35). The van der Waals surface area contributed by atoms with Crippen LogP contribution in [0.3, 0.4) is 0 Å². The van der Waals surface area contributed by atoms with Gasteiger partial charge in [-0.05, 0) is 74.7 Å². The van der Waals surface area contributed by atoms with Gasteiger partial charge in [0.05, 0.1) is 10.6 Å². The van der Waals surface area contributed by atoms with Crippen molar-refractivity contribution >= 4 is 27.5 Å². The van der Waals surface area contributed by atoms with Crippen LogP contribution in [0.15, 0.2) is 77.7 Å². The van der Waals surface area contributed by atoms with E-state index in [1.165, 1.54) is 41.3 Å². The molecule has 38 heavy (non-hydrogen) atoms. The number of hydrogen-bond donors (Lipinski definition) is 1. The lowest BCUT2D eigenvalue weighted by Gasteiger charge is -2.32. The Morgan fingerprint density at radius 1 is 0.947 bits per heavy atom. The van der Waals surface area contributed by atoms with Crippen LogP contribution in [0.4, 0.5) is 10.1 Å². The SMILES string of the molecule is CCCNC(=O)C(C)N(Cc1ccc(F)cc1)C(=O)CN(c1cccc(C)c1)S(=O)(=O)c1ccc(C)cc1. The Labute approximate surface area is 224 Å². The number of sulfonamides is 1. The molecule has 0 saturated heterocycles. The van der Waals surface area contributed by atoms with Gasteiger partial charge in [-0.1, -0.05) is 48.9 Å². The Balaban J connectivity index is 2.01. The van der Waals surface area contributed by atoms with Crippen LogP contribution in [0.25, 0.3) is 0 Å². The molecule has 7 nitrogen and oxygen atoms in total. The summed E-state index contributed by atoms with van der Waals surface area (Å²) >= 11 is 0. The Morgan fingerprint density at radius 3 is 2.21 bits per heavy atom. The molecule has 202 valence electrons. The fraction of sp³-hybridized carbons (Fsp3) is 0.310. The summed E-state index contributed by atoms with van der Waals surface area (Å²) in [5, 5.41) is 2.79. The van der Waals surface area contributed by atoms with Gasteiger partial charge in [0, 0.05) is 13.1 Å². The third-order valence-corrected chi connectivity index (χ3v) is 7.95. The number of benzene rings is 3. The van der Waals surface area contributed by atoms with Gasteiger partial charge in [0.15, 0.2) is 0 Å². The lowest BCUT2D eigenvalue weighted by atomic mass is 10.1. The number of aryl methyl sites for hydroxylation is 2. The molecule has 3 aromatic rings. The van der Waals surface area contributed by atoms with E-state index in [9.17, 15) is 22.4 Å². The number of amides is 2. The van der Waals surface area contributed by atoms with Gasteiger partial charge < -0.3 is 10.2 Å². The first-order valence-electron chi connectivity index (χ1n) is 12.5. The molecule has 1 atom stereocenters. The second-order valence-electron chi connectivity index (χ2n) is 9.28. The minimum atomic E-state index is -4.12. The van der Waals surface area contributed by atoms with Crippen molar-refractivity contribution in [3.63, 3.8) is 0 Å². The molecule has 1 N–H and O–H groups in total. The van der Waals surface area contributed by atoms with Crippen LogP contribution >= 0.6 is 0 Å². The van der Waals surface area contributed by atoms with E-state index in [1.807, 2.05) is 26.8 Å². The number of rotatable bonds is 11. The van der Waals surface area contributed by atoms with E-state index in [2.05, 4.69) is 5.32 Å². The van der Waals surface area contributed by atoms with Gasteiger partial charge in [0.2, 0.25) is 11.8 Å². The quantitative estimate of drug-likeness (QED) is 0.387. The highest BCUT2D eigenvalue weighted by Crippen LogP contribution is 2.25. The van der Waals surface area contributed by atoms with Gasteiger partial charge in [-0.3, -0.25) is 13.9 Å². The highest BCUT2D eigenvalue weighted by atomic mass is 32.2. The maximum absolute atomic E-state index is 13.8. The van der Waals surface area contributed by atoms with E-state index in [1.54, 1.807) is 37.3 Å². The normalized spacial score (nSPS) is 12.0. The van der Waals surface area contributed by atoms with Gasteiger partial charge in [0.25, 0.3) is 10.0 Å². The van der Waals surface area contributed by atoms with E-state index < -0.39 is 34.3 Å². The van der Waals surface area contributed by atoms with Gasteiger partial charge >= 0.3 is 0 Å². The average Bonchev–Trinajstić information content (AvgIpc) is 2.89. The largest absolute Gasteiger partial charge is 0.354 e. The van der Waals surface area contributed by atoms with Crippen LogP contribution in [0.5, 0.6) is 0 Å². The zero-order valence-corrected chi connectivity index (χ0v) is 23.0. The molecule has 0 fully saturated rings. The van der Waals surface area contributed by atoms with Crippen molar-refractivity contribution in [2.24, 2.45) is 0 Å². The van der Waals surface area contributed by atoms with Crippen molar-refractivity contribution < 1.29 is 22.4 Å². The summed E-state index contributed by atoms with van der Waals surface area (Å²) in [5.74, 6) is -1.34. The van der Waals surface area contributed by atoms with Crippen LogP contribution in [-0.2, 0) is 26.2 Å². The first kappa shape index (κ1) is 28.8. The number of nitrogens with one attached hydrogen (secondary N) is 1. The fourth-order valence-electron chi connectivity index (χ4n) is 3.91. The summed E-state index contributed by atoms with van der Waals surface area (Å²) < 4.78 is 42.1. The van der Waals surface area contributed by atoms with E-state index >= 15 is 0 Å². The first-order chi connectivity index (χ1) is 18.0. The van der Waals surface area contributed by atoms with Crippen molar-refractivity contribution in [3.05, 3.63) is 95.3 Å². The molecule has 1 unspecified atom stereocenters. The van der Waals surface area contributed by atoms with Crippen LogP contribution in [0, 0.1) is 19.7 Å². The zero-order chi connectivity index (χ0) is 27.9. The summed E-state index contributed by atoms with van der Waals surface area (Å²) in [6, 6.07) is 18.0. The Bertz CT molecular complexity index is 1360. The van der Waals surface area contributed by atoms with Crippen LogP contribution in [-0.4, -0.2) is 44.3 Å². The molecule has 9 heteroatoms. The molecule has 0 saturated carbocycles. The topological polar surface area (TPSA) is 86.8 Å². The zero-order valence-electron chi connectivity index (χ0n) is 22.1. The summed E-state index contributed by atoms with van der Waals surface area (Å²) in [5.41, 5.74) is 2.68. The minimum Gasteiger partial charge on any atom is -0.354 e. The molecule has 0 aromatic heterocycles. The number of hydrogen-bond acceptors (Lipinski definition) is 4. The van der Waals surface area contributed by atoms with Crippen molar-refractivity contribution in [1.82, 2.24) is 10.2 Å². The second kappa shape index (κ2) is 12.7. The fourth-order valence-corrected chi connectivity index (χ4v) is 5.32. The summed E-state index contributed by atoms with van der Waals surface area (Å²) in [6.45, 7) is 7.14. The highest BCUT2D eigenvalue weighted by Gasteiger charge is 2.32. The molecule has 0 aliphatic heterocycles. The lowest BCUT2D eigenvalue weighted by molar-refractivity contribution is -0.139. The van der Waals surface area contributed by atoms with Crippen molar-refractivity contribution in [2.75, 3.05) is 17.4 Å². The second-order valence-corrected chi connectivity index (χ2v) is 11.1. The molecule has 0 heterocycles.